The van der Waals surface area contributed by atoms with E-state index >= 15 is 0 Å². The Morgan fingerprint density at radius 1 is 1.15 bits per heavy atom. The molecular formula is C20H19ClF2O3S. The second-order valence-corrected chi connectivity index (χ2v) is 9.69. The predicted molar refractivity (Wildman–Crippen MR) is 99.8 cm³/mol. The van der Waals surface area contributed by atoms with Crippen LogP contribution >= 0.6 is 11.6 Å². The molecule has 2 aromatic carbocycles. The Morgan fingerprint density at radius 2 is 1.85 bits per heavy atom. The number of ketones is 1. The molecule has 0 bridgehead atoms. The van der Waals surface area contributed by atoms with E-state index in [4.69, 9.17) is 11.6 Å². The number of sulfone groups is 1. The number of carbonyl (C=O) groups excluding carboxylic acids is 1. The number of Topliss-reactive ketones (excluding diaryl/α,β-unsaturated/α-hetero) is 1. The molecule has 27 heavy (non-hydrogen) atoms. The Balaban J connectivity index is 1.56. The van der Waals surface area contributed by atoms with Crippen molar-refractivity contribution in [2.45, 2.75) is 42.8 Å². The Bertz CT molecular complexity index is 962. The fourth-order valence-corrected chi connectivity index (χ4v) is 5.62. The van der Waals surface area contributed by atoms with Crippen LogP contribution in [0.2, 0.25) is 5.02 Å². The average molecular weight is 413 g/mol. The van der Waals surface area contributed by atoms with Gasteiger partial charge in [0.05, 0.1) is 15.2 Å². The van der Waals surface area contributed by atoms with Crippen molar-refractivity contribution in [2.24, 2.45) is 5.92 Å². The number of aryl methyl sites for hydroxylation is 1. The van der Waals surface area contributed by atoms with Crippen LogP contribution in [0.15, 0.2) is 41.3 Å². The molecule has 0 spiro atoms. The summed E-state index contributed by atoms with van der Waals surface area (Å²) in [5, 5.41) is -0.639. The Hall–Kier alpha value is -1.79. The van der Waals surface area contributed by atoms with Crippen molar-refractivity contribution in [3.63, 3.8) is 0 Å². The van der Waals surface area contributed by atoms with Crippen molar-refractivity contribution < 1.29 is 22.0 Å². The van der Waals surface area contributed by atoms with Gasteiger partial charge in [0.1, 0.15) is 11.6 Å². The first-order chi connectivity index (χ1) is 12.7. The third-order valence-electron chi connectivity index (χ3n) is 5.00. The number of benzene rings is 2. The molecule has 0 amide bonds. The highest BCUT2D eigenvalue weighted by Gasteiger charge is 2.39. The molecule has 0 saturated heterocycles. The molecule has 0 N–H and O–H groups in total. The van der Waals surface area contributed by atoms with E-state index in [-0.39, 0.29) is 28.0 Å². The first kappa shape index (κ1) is 20.0. The fourth-order valence-electron chi connectivity index (χ4n) is 3.37. The summed E-state index contributed by atoms with van der Waals surface area (Å²) in [5.41, 5.74) is 0.910. The zero-order valence-electron chi connectivity index (χ0n) is 14.7. The molecule has 1 aliphatic rings. The standard InChI is InChI=1S/C20H19ClF2O3S/c1-12-6-15(22)11-16(7-12)27(25,26)17-8-13(9-17)2-5-20(24)14-3-4-19(23)18(21)10-14/h3-4,6-7,10-11,13,17H,2,5,8-9H2,1H3. The van der Waals surface area contributed by atoms with Crippen LogP contribution in [-0.4, -0.2) is 19.5 Å². The average Bonchev–Trinajstić information content (AvgIpc) is 2.54. The van der Waals surface area contributed by atoms with Gasteiger partial charge in [0.2, 0.25) is 0 Å². The third-order valence-corrected chi connectivity index (χ3v) is 7.44. The zero-order chi connectivity index (χ0) is 19.8. The maximum absolute atomic E-state index is 13.5. The second kappa shape index (κ2) is 7.68. The van der Waals surface area contributed by atoms with Gasteiger partial charge in [0, 0.05) is 12.0 Å². The van der Waals surface area contributed by atoms with Crippen molar-refractivity contribution in [1.82, 2.24) is 0 Å². The first-order valence-corrected chi connectivity index (χ1v) is 10.6. The Morgan fingerprint density at radius 3 is 2.48 bits per heavy atom. The molecule has 0 heterocycles. The van der Waals surface area contributed by atoms with Crippen LogP contribution in [0.4, 0.5) is 8.78 Å². The van der Waals surface area contributed by atoms with E-state index in [9.17, 15) is 22.0 Å². The summed E-state index contributed by atoms with van der Waals surface area (Å²) >= 11 is 5.69. The molecule has 2 aromatic rings. The fraction of sp³-hybridized carbons (Fsp3) is 0.350. The minimum Gasteiger partial charge on any atom is -0.294 e. The van der Waals surface area contributed by atoms with Gasteiger partial charge in [-0.3, -0.25) is 4.79 Å². The van der Waals surface area contributed by atoms with E-state index in [0.29, 0.717) is 30.4 Å². The summed E-state index contributed by atoms with van der Waals surface area (Å²) in [6, 6.07) is 7.67. The SMILES string of the molecule is Cc1cc(F)cc(S(=O)(=O)C2CC(CCC(=O)c3ccc(F)c(Cl)c3)C2)c1. The third kappa shape index (κ3) is 4.38. The molecule has 1 saturated carbocycles. The highest BCUT2D eigenvalue weighted by Crippen LogP contribution is 2.39. The van der Waals surface area contributed by atoms with E-state index in [1.807, 2.05) is 0 Å². The Kier molecular flexibility index (Phi) is 5.68. The maximum Gasteiger partial charge on any atom is 0.181 e. The number of rotatable bonds is 6. The van der Waals surface area contributed by atoms with Crippen LogP contribution in [-0.2, 0) is 9.84 Å². The molecule has 3 nitrogen and oxygen atoms in total. The normalized spacial score (nSPS) is 19.6. The van der Waals surface area contributed by atoms with Gasteiger partial charge in [-0.15, -0.1) is 0 Å². The quantitative estimate of drug-likeness (QED) is 0.617. The number of hydrogen-bond donors (Lipinski definition) is 0. The largest absolute Gasteiger partial charge is 0.294 e. The summed E-state index contributed by atoms with van der Waals surface area (Å²) in [7, 11) is -3.57. The molecule has 3 rings (SSSR count). The van der Waals surface area contributed by atoms with Gasteiger partial charge in [-0.25, -0.2) is 17.2 Å². The molecule has 1 aliphatic carbocycles. The van der Waals surface area contributed by atoms with Crippen LogP contribution in [0.25, 0.3) is 0 Å². The molecule has 0 radical (unpaired) electrons. The monoisotopic (exact) mass is 412 g/mol. The smallest absolute Gasteiger partial charge is 0.181 e. The molecular weight excluding hydrogens is 394 g/mol. The van der Waals surface area contributed by atoms with Crippen LogP contribution < -0.4 is 0 Å². The topological polar surface area (TPSA) is 51.2 Å². The van der Waals surface area contributed by atoms with Crippen LogP contribution in [0.1, 0.15) is 41.6 Å². The van der Waals surface area contributed by atoms with Gasteiger partial charge in [-0.2, -0.15) is 0 Å². The van der Waals surface area contributed by atoms with Crippen LogP contribution in [0.3, 0.4) is 0 Å². The van der Waals surface area contributed by atoms with E-state index < -0.39 is 26.7 Å². The van der Waals surface area contributed by atoms with E-state index in [1.54, 1.807) is 6.92 Å². The van der Waals surface area contributed by atoms with Gasteiger partial charge < -0.3 is 0 Å². The Labute approximate surface area is 162 Å². The van der Waals surface area contributed by atoms with Crippen molar-refractivity contribution in [3.05, 3.63) is 64.2 Å². The lowest BCUT2D eigenvalue weighted by atomic mass is 9.80. The minimum atomic E-state index is -3.57. The summed E-state index contributed by atoms with van der Waals surface area (Å²) in [4.78, 5) is 12.2. The molecule has 0 aliphatic heterocycles. The summed E-state index contributed by atoms with van der Waals surface area (Å²) < 4.78 is 51.9. The van der Waals surface area contributed by atoms with E-state index in [0.717, 1.165) is 12.1 Å². The molecule has 1 fully saturated rings. The van der Waals surface area contributed by atoms with E-state index in [1.165, 1.54) is 24.3 Å². The van der Waals surface area contributed by atoms with Crippen molar-refractivity contribution in [2.75, 3.05) is 0 Å². The van der Waals surface area contributed by atoms with Crippen LogP contribution in [0, 0.1) is 24.5 Å². The molecule has 7 heteroatoms. The van der Waals surface area contributed by atoms with E-state index in [2.05, 4.69) is 0 Å². The van der Waals surface area contributed by atoms with Gasteiger partial charge in [0.15, 0.2) is 15.6 Å². The predicted octanol–water partition coefficient (Wildman–Crippen LogP) is 5.14. The van der Waals surface area contributed by atoms with Crippen molar-refractivity contribution >= 4 is 27.2 Å². The molecule has 0 atom stereocenters. The van der Waals surface area contributed by atoms with Gasteiger partial charge in [0.25, 0.3) is 0 Å². The first-order valence-electron chi connectivity index (χ1n) is 8.66. The lowest BCUT2D eigenvalue weighted by Gasteiger charge is -2.34. The van der Waals surface area contributed by atoms with Gasteiger partial charge in [-0.05, 0) is 74.1 Å². The zero-order valence-corrected chi connectivity index (χ0v) is 16.3. The number of hydrogen-bond acceptors (Lipinski definition) is 3. The van der Waals surface area contributed by atoms with Crippen LogP contribution in [0.5, 0.6) is 0 Å². The molecule has 144 valence electrons. The number of halogens is 3. The van der Waals surface area contributed by atoms with Crippen molar-refractivity contribution in [1.29, 1.82) is 0 Å². The summed E-state index contributed by atoms with van der Waals surface area (Å²) in [6.07, 6.45) is 1.71. The summed E-state index contributed by atoms with van der Waals surface area (Å²) in [5.74, 6) is -1.16. The lowest BCUT2D eigenvalue weighted by Crippen LogP contribution is -2.36. The summed E-state index contributed by atoms with van der Waals surface area (Å²) in [6.45, 7) is 1.65. The van der Waals surface area contributed by atoms with Gasteiger partial charge >= 0.3 is 0 Å². The highest BCUT2D eigenvalue weighted by molar-refractivity contribution is 7.92. The van der Waals surface area contributed by atoms with Gasteiger partial charge in [-0.1, -0.05) is 11.6 Å². The molecule has 0 aromatic heterocycles. The minimum absolute atomic E-state index is 0.0143. The second-order valence-electron chi connectivity index (χ2n) is 7.06. The highest BCUT2D eigenvalue weighted by atomic mass is 35.5. The van der Waals surface area contributed by atoms with Crippen molar-refractivity contribution in [3.8, 4) is 0 Å². The number of carbonyl (C=O) groups is 1. The molecule has 0 unspecified atom stereocenters. The maximum atomic E-state index is 13.5. The lowest BCUT2D eigenvalue weighted by molar-refractivity contribution is 0.0966.